The van der Waals surface area contributed by atoms with Gasteiger partial charge in [0.25, 0.3) is 0 Å². The van der Waals surface area contributed by atoms with Crippen LogP contribution in [-0.2, 0) is 19.6 Å². The third-order valence-corrected chi connectivity index (χ3v) is 4.82. The van der Waals surface area contributed by atoms with Crippen LogP contribution in [0.1, 0.15) is 22.4 Å². The van der Waals surface area contributed by atoms with Gasteiger partial charge in [-0.25, -0.2) is 0 Å². The summed E-state index contributed by atoms with van der Waals surface area (Å²) >= 11 is 0. The summed E-state index contributed by atoms with van der Waals surface area (Å²) in [6.45, 7) is 4.68. The number of para-hydroxylation sites is 1. The van der Waals surface area contributed by atoms with Crippen molar-refractivity contribution in [1.29, 1.82) is 0 Å². The SMILES string of the molecule is Cc1ccccc1Cn1cc(CNCc2ccccn2)c2ccccc21. The summed E-state index contributed by atoms with van der Waals surface area (Å²) in [7, 11) is 0. The van der Waals surface area contributed by atoms with Crippen LogP contribution < -0.4 is 5.32 Å². The van der Waals surface area contributed by atoms with Gasteiger partial charge in [-0.15, -0.1) is 0 Å². The Morgan fingerprint density at radius 1 is 0.846 bits per heavy atom. The minimum absolute atomic E-state index is 0.776. The molecule has 130 valence electrons. The number of aryl methyl sites for hydroxylation is 1. The van der Waals surface area contributed by atoms with Gasteiger partial charge < -0.3 is 9.88 Å². The molecule has 2 aromatic carbocycles. The zero-order chi connectivity index (χ0) is 17.8. The van der Waals surface area contributed by atoms with Crippen LogP contribution >= 0.6 is 0 Å². The van der Waals surface area contributed by atoms with E-state index < -0.39 is 0 Å². The lowest BCUT2D eigenvalue weighted by molar-refractivity contribution is 0.679. The Hall–Kier alpha value is -2.91. The van der Waals surface area contributed by atoms with Gasteiger partial charge in [0.2, 0.25) is 0 Å². The highest BCUT2D eigenvalue weighted by Gasteiger charge is 2.09. The summed E-state index contributed by atoms with van der Waals surface area (Å²) in [4.78, 5) is 4.38. The van der Waals surface area contributed by atoms with Gasteiger partial charge in [0.15, 0.2) is 0 Å². The van der Waals surface area contributed by atoms with Crippen molar-refractivity contribution in [3.05, 3.63) is 102 Å². The maximum atomic E-state index is 4.38. The van der Waals surface area contributed by atoms with Gasteiger partial charge in [-0.3, -0.25) is 4.98 Å². The highest BCUT2D eigenvalue weighted by Crippen LogP contribution is 2.23. The smallest absolute Gasteiger partial charge is 0.0541 e. The predicted molar refractivity (Wildman–Crippen MR) is 107 cm³/mol. The van der Waals surface area contributed by atoms with Crippen molar-refractivity contribution >= 4 is 10.9 Å². The number of nitrogens with zero attached hydrogens (tertiary/aromatic N) is 2. The molecule has 0 saturated carbocycles. The Labute approximate surface area is 154 Å². The van der Waals surface area contributed by atoms with Crippen LogP contribution in [0, 0.1) is 6.92 Å². The highest BCUT2D eigenvalue weighted by molar-refractivity contribution is 5.84. The standard InChI is InChI=1S/C23H23N3/c1-18-8-2-3-9-19(18)16-26-17-20(22-11-4-5-12-23(22)26)14-24-15-21-10-6-7-13-25-21/h2-13,17,24H,14-16H2,1H3. The third-order valence-electron chi connectivity index (χ3n) is 4.82. The molecule has 0 bridgehead atoms. The largest absolute Gasteiger partial charge is 0.343 e. The van der Waals surface area contributed by atoms with Gasteiger partial charge in [0.1, 0.15) is 0 Å². The molecule has 3 heteroatoms. The van der Waals surface area contributed by atoms with Gasteiger partial charge in [0.05, 0.1) is 5.69 Å². The van der Waals surface area contributed by atoms with Gasteiger partial charge in [-0.1, -0.05) is 48.5 Å². The van der Waals surface area contributed by atoms with Gasteiger partial charge in [-0.05, 0) is 41.8 Å². The first kappa shape index (κ1) is 16.6. The summed E-state index contributed by atoms with van der Waals surface area (Å²) in [5, 5.41) is 4.84. The van der Waals surface area contributed by atoms with E-state index in [1.165, 1.54) is 27.6 Å². The van der Waals surface area contributed by atoms with Crippen molar-refractivity contribution in [3.63, 3.8) is 0 Å². The van der Waals surface area contributed by atoms with E-state index in [2.05, 4.69) is 82.6 Å². The molecular formula is C23H23N3. The number of hydrogen-bond acceptors (Lipinski definition) is 2. The molecule has 1 N–H and O–H groups in total. The third kappa shape index (κ3) is 3.53. The first-order valence-corrected chi connectivity index (χ1v) is 9.03. The van der Waals surface area contributed by atoms with Crippen molar-refractivity contribution in [1.82, 2.24) is 14.9 Å². The van der Waals surface area contributed by atoms with Crippen molar-refractivity contribution in [2.45, 2.75) is 26.6 Å². The molecule has 2 heterocycles. The van der Waals surface area contributed by atoms with Crippen LogP contribution in [0.15, 0.2) is 79.1 Å². The normalized spacial score (nSPS) is 11.1. The van der Waals surface area contributed by atoms with Crippen LogP contribution in [0.5, 0.6) is 0 Å². The summed E-state index contributed by atoms with van der Waals surface area (Å²) < 4.78 is 2.36. The van der Waals surface area contributed by atoms with Crippen molar-refractivity contribution in [3.8, 4) is 0 Å². The summed E-state index contributed by atoms with van der Waals surface area (Å²) in [6.07, 6.45) is 4.12. The lowest BCUT2D eigenvalue weighted by Gasteiger charge is -2.08. The highest BCUT2D eigenvalue weighted by atomic mass is 15.0. The van der Waals surface area contributed by atoms with Gasteiger partial charge >= 0.3 is 0 Å². The summed E-state index contributed by atoms with van der Waals surface area (Å²) in [5.41, 5.74) is 6.37. The molecule has 0 saturated heterocycles. The number of rotatable bonds is 6. The average Bonchev–Trinajstić information content (AvgIpc) is 3.02. The van der Waals surface area contributed by atoms with Crippen LogP contribution in [0.2, 0.25) is 0 Å². The van der Waals surface area contributed by atoms with Crippen molar-refractivity contribution in [2.75, 3.05) is 0 Å². The Morgan fingerprint density at radius 3 is 2.50 bits per heavy atom. The van der Waals surface area contributed by atoms with E-state index in [-0.39, 0.29) is 0 Å². The molecular weight excluding hydrogens is 318 g/mol. The summed E-state index contributed by atoms with van der Waals surface area (Å²) in [5.74, 6) is 0. The average molecular weight is 341 g/mol. The molecule has 4 aromatic rings. The zero-order valence-electron chi connectivity index (χ0n) is 15.0. The lowest BCUT2D eigenvalue weighted by Crippen LogP contribution is -2.13. The second-order valence-corrected chi connectivity index (χ2v) is 6.65. The van der Waals surface area contributed by atoms with E-state index in [1.807, 2.05) is 18.3 Å². The fourth-order valence-corrected chi connectivity index (χ4v) is 3.39. The van der Waals surface area contributed by atoms with E-state index in [1.54, 1.807) is 0 Å². The molecule has 0 unspecified atom stereocenters. The predicted octanol–water partition coefficient (Wildman–Crippen LogP) is 4.68. The maximum Gasteiger partial charge on any atom is 0.0541 e. The number of pyridine rings is 1. The Bertz CT molecular complexity index is 1000. The number of benzene rings is 2. The molecule has 0 fully saturated rings. The molecule has 0 aliphatic heterocycles. The number of aromatic nitrogens is 2. The number of nitrogens with one attached hydrogen (secondary N) is 1. The molecule has 0 atom stereocenters. The van der Waals surface area contributed by atoms with E-state index in [0.717, 1.165) is 25.3 Å². The van der Waals surface area contributed by atoms with E-state index in [0.29, 0.717) is 0 Å². The Balaban J connectivity index is 1.57. The second-order valence-electron chi connectivity index (χ2n) is 6.65. The lowest BCUT2D eigenvalue weighted by atomic mass is 10.1. The minimum Gasteiger partial charge on any atom is -0.343 e. The zero-order valence-corrected chi connectivity index (χ0v) is 15.0. The fraction of sp³-hybridized carbons (Fsp3) is 0.174. The van der Waals surface area contributed by atoms with Gasteiger partial charge in [-0.2, -0.15) is 0 Å². The van der Waals surface area contributed by atoms with Crippen LogP contribution in [0.3, 0.4) is 0 Å². The molecule has 3 nitrogen and oxygen atoms in total. The quantitative estimate of drug-likeness (QED) is 0.552. The molecule has 0 aliphatic carbocycles. The topological polar surface area (TPSA) is 29.9 Å². The van der Waals surface area contributed by atoms with E-state index >= 15 is 0 Å². The monoisotopic (exact) mass is 341 g/mol. The minimum atomic E-state index is 0.776. The van der Waals surface area contributed by atoms with Crippen LogP contribution in [-0.4, -0.2) is 9.55 Å². The fourth-order valence-electron chi connectivity index (χ4n) is 3.39. The second kappa shape index (κ2) is 7.54. The van der Waals surface area contributed by atoms with Crippen molar-refractivity contribution < 1.29 is 0 Å². The van der Waals surface area contributed by atoms with Crippen molar-refractivity contribution in [2.24, 2.45) is 0 Å². The first-order valence-electron chi connectivity index (χ1n) is 9.03. The Kier molecular flexibility index (Phi) is 4.80. The molecule has 2 aromatic heterocycles. The van der Waals surface area contributed by atoms with E-state index in [4.69, 9.17) is 0 Å². The molecule has 0 radical (unpaired) electrons. The maximum absolute atomic E-state index is 4.38. The number of hydrogen-bond donors (Lipinski definition) is 1. The molecule has 0 aliphatic rings. The van der Waals surface area contributed by atoms with Crippen LogP contribution in [0.4, 0.5) is 0 Å². The first-order chi connectivity index (χ1) is 12.8. The molecule has 26 heavy (non-hydrogen) atoms. The van der Waals surface area contributed by atoms with Crippen LogP contribution in [0.25, 0.3) is 10.9 Å². The Morgan fingerprint density at radius 2 is 1.65 bits per heavy atom. The molecule has 0 spiro atoms. The van der Waals surface area contributed by atoms with E-state index in [9.17, 15) is 0 Å². The number of fused-ring (bicyclic) bond motifs is 1. The van der Waals surface area contributed by atoms with Gasteiger partial charge in [0, 0.05) is 42.9 Å². The molecule has 4 rings (SSSR count). The summed E-state index contributed by atoms with van der Waals surface area (Å²) in [6, 6.07) is 23.3. The molecule has 0 amide bonds.